The van der Waals surface area contributed by atoms with E-state index in [0.29, 0.717) is 6.61 Å². The number of carbonyl (C=O) groups is 1. The summed E-state index contributed by atoms with van der Waals surface area (Å²) in [4.78, 5) is 11.4. The summed E-state index contributed by atoms with van der Waals surface area (Å²) in [6, 6.07) is 21.3. The molecular weight excluding hydrogens is 392 g/mol. The van der Waals surface area contributed by atoms with Crippen LogP contribution in [0.1, 0.15) is 33.6 Å². The number of ether oxygens (including phenoxy) is 2. The zero-order valence-corrected chi connectivity index (χ0v) is 18.9. The first-order valence-electron chi connectivity index (χ1n) is 10.7. The van der Waals surface area contributed by atoms with E-state index in [-0.39, 0.29) is 29.3 Å². The van der Waals surface area contributed by atoms with Gasteiger partial charge in [0.1, 0.15) is 6.10 Å². The molecule has 3 atom stereocenters. The average Bonchev–Trinajstić information content (AvgIpc) is 3.38. The molecule has 0 aromatic heterocycles. The summed E-state index contributed by atoms with van der Waals surface area (Å²) >= 11 is 0. The first-order chi connectivity index (χ1) is 14.4. The van der Waals surface area contributed by atoms with E-state index in [0.717, 1.165) is 12.8 Å². The van der Waals surface area contributed by atoms with Crippen LogP contribution in [0, 0.1) is 0 Å². The van der Waals surface area contributed by atoms with Gasteiger partial charge in [0.15, 0.2) is 0 Å². The van der Waals surface area contributed by atoms with Crippen LogP contribution in [0.2, 0.25) is 5.04 Å². The largest absolute Gasteiger partial charge is 0.452 e. The Hall–Kier alpha value is -2.21. The average molecular weight is 423 g/mol. The molecule has 0 radical (unpaired) electrons. The second-order valence-corrected chi connectivity index (χ2v) is 13.4. The molecule has 0 unspecified atom stereocenters. The normalized spacial score (nSPS) is 24.2. The number of hydrogen-bond acceptors (Lipinski definition) is 4. The first kappa shape index (κ1) is 21.0. The highest BCUT2D eigenvalue weighted by atomic mass is 28.4. The topological polar surface area (TPSA) is 44.8 Å². The molecule has 1 fully saturated rings. The molecule has 2 aromatic carbocycles. The zero-order valence-electron chi connectivity index (χ0n) is 17.9. The third-order valence-electron chi connectivity index (χ3n) is 6.08. The highest BCUT2D eigenvalue weighted by Gasteiger charge is 2.50. The fraction of sp³-hybridized carbons (Fsp3) is 0.400. The van der Waals surface area contributed by atoms with Crippen LogP contribution in [0.15, 0.2) is 72.8 Å². The molecule has 5 heteroatoms. The first-order valence-corrected chi connectivity index (χ1v) is 12.6. The van der Waals surface area contributed by atoms with Gasteiger partial charge in [0, 0.05) is 6.08 Å². The molecule has 4 nitrogen and oxygen atoms in total. The number of benzene rings is 2. The quantitative estimate of drug-likeness (QED) is 0.527. The Balaban J connectivity index is 1.58. The Labute approximate surface area is 180 Å². The van der Waals surface area contributed by atoms with Crippen LogP contribution in [0.4, 0.5) is 0 Å². The van der Waals surface area contributed by atoms with Crippen LogP contribution < -0.4 is 10.4 Å². The SMILES string of the molecule is CC(C)(C)[Si](OC[C@@H]1CC[C@@H]([C@H]2C=CC(=O)O2)O1)(c1ccccc1)c1ccccc1. The van der Waals surface area contributed by atoms with Crippen molar-refractivity contribution in [2.75, 3.05) is 6.61 Å². The lowest BCUT2D eigenvalue weighted by Crippen LogP contribution is -2.67. The zero-order chi connectivity index (χ0) is 21.2. The Kier molecular flexibility index (Phi) is 5.96. The van der Waals surface area contributed by atoms with Crippen molar-refractivity contribution in [1.29, 1.82) is 0 Å². The second-order valence-electron chi connectivity index (χ2n) is 9.11. The van der Waals surface area contributed by atoms with Gasteiger partial charge in [-0.2, -0.15) is 0 Å². The third kappa shape index (κ3) is 4.02. The van der Waals surface area contributed by atoms with Crippen molar-refractivity contribution in [3.8, 4) is 0 Å². The molecular formula is C25H30O4Si. The van der Waals surface area contributed by atoms with Gasteiger partial charge in [-0.05, 0) is 34.3 Å². The molecule has 2 aromatic rings. The lowest BCUT2D eigenvalue weighted by atomic mass is 10.1. The van der Waals surface area contributed by atoms with Crippen LogP contribution >= 0.6 is 0 Å². The van der Waals surface area contributed by atoms with E-state index in [1.807, 2.05) is 0 Å². The van der Waals surface area contributed by atoms with Crippen molar-refractivity contribution in [2.24, 2.45) is 0 Å². The maximum atomic E-state index is 11.4. The molecule has 0 aliphatic carbocycles. The lowest BCUT2D eigenvalue weighted by molar-refractivity contribution is -0.144. The van der Waals surface area contributed by atoms with Crippen molar-refractivity contribution in [3.63, 3.8) is 0 Å². The lowest BCUT2D eigenvalue weighted by Gasteiger charge is -2.43. The summed E-state index contributed by atoms with van der Waals surface area (Å²) in [5.74, 6) is -0.282. The number of esters is 1. The fourth-order valence-corrected chi connectivity index (χ4v) is 9.25. The third-order valence-corrected chi connectivity index (χ3v) is 11.1. The number of rotatable bonds is 6. The van der Waals surface area contributed by atoms with Gasteiger partial charge in [-0.1, -0.05) is 81.4 Å². The minimum Gasteiger partial charge on any atom is -0.452 e. The number of carbonyl (C=O) groups excluding carboxylic acids is 1. The van der Waals surface area contributed by atoms with Crippen LogP contribution in [0.25, 0.3) is 0 Å². The van der Waals surface area contributed by atoms with Crippen molar-refractivity contribution in [3.05, 3.63) is 72.8 Å². The van der Waals surface area contributed by atoms with E-state index in [9.17, 15) is 4.79 Å². The van der Waals surface area contributed by atoms with Gasteiger partial charge in [-0.25, -0.2) is 4.79 Å². The predicted octanol–water partition coefficient (Wildman–Crippen LogP) is 3.59. The maximum absolute atomic E-state index is 11.4. The van der Waals surface area contributed by atoms with Gasteiger partial charge in [-0.15, -0.1) is 0 Å². The number of cyclic esters (lactones) is 1. The Morgan fingerprint density at radius 1 is 0.967 bits per heavy atom. The van der Waals surface area contributed by atoms with Crippen molar-refractivity contribution < 1.29 is 18.7 Å². The predicted molar refractivity (Wildman–Crippen MR) is 120 cm³/mol. The van der Waals surface area contributed by atoms with E-state index >= 15 is 0 Å². The molecule has 0 saturated carbocycles. The van der Waals surface area contributed by atoms with Gasteiger partial charge in [-0.3, -0.25) is 0 Å². The molecule has 2 aliphatic rings. The van der Waals surface area contributed by atoms with E-state index in [4.69, 9.17) is 13.9 Å². The smallest absolute Gasteiger partial charge is 0.331 e. The van der Waals surface area contributed by atoms with E-state index in [1.54, 1.807) is 6.08 Å². The summed E-state index contributed by atoms with van der Waals surface area (Å²) in [5, 5.41) is 2.48. The fourth-order valence-electron chi connectivity index (χ4n) is 4.66. The van der Waals surface area contributed by atoms with E-state index < -0.39 is 8.32 Å². The molecule has 4 rings (SSSR count). The second kappa shape index (κ2) is 8.50. The van der Waals surface area contributed by atoms with Crippen LogP contribution in [0.5, 0.6) is 0 Å². The summed E-state index contributed by atoms with van der Waals surface area (Å²) in [6.07, 6.45) is 4.72. The van der Waals surface area contributed by atoms with Gasteiger partial charge in [0.25, 0.3) is 8.32 Å². The Morgan fingerprint density at radius 3 is 2.07 bits per heavy atom. The molecule has 30 heavy (non-hydrogen) atoms. The highest BCUT2D eigenvalue weighted by Crippen LogP contribution is 2.37. The molecule has 1 saturated heterocycles. The van der Waals surface area contributed by atoms with Gasteiger partial charge in [0.05, 0.1) is 18.8 Å². The van der Waals surface area contributed by atoms with E-state index in [1.165, 1.54) is 16.4 Å². The summed E-state index contributed by atoms with van der Waals surface area (Å²) in [6.45, 7) is 7.37. The van der Waals surface area contributed by atoms with Crippen LogP contribution in [0.3, 0.4) is 0 Å². The standard InChI is InChI=1S/C25H30O4Si/c1-25(2,3)30(20-10-6-4-7-11-20,21-12-8-5-9-13-21)27-18-19-14-15-22(28-19)23-16-17-24(26)29-23/h4-13,16-17,19,22-23H,14-15,18H2,1-3H3/t19-,22-,23+/m0/s1. The van der Waals surface area contributed by atoms with Crippen molar-refractivity contribution >= 4 is 24.7 Å². The molecule has 158 valence electrons. The monoisotopic (exact) mass is 422 g/mol. The van der Waals surface area contributed by atoms with Crippen molar-refractivity contribution in [1.82, 2.24) is 0 Å². The minimum atomic E-state index is -2.56. The highest BCUT2D eigenvalue weighted by molar-refractivity contribution is 6.99. The van der Waals surface area contributed by atoms with Gasteiger partial charge < -0.3 is 13.9 Å². The molecule has 0 bridgehead atoms. The number of hydrogen-bond donors (Lipinski definition) is 0. The maximum Gasteiger partial charge on any atom is 0.331 e. The Bertz CT molecular complexity index is 849. The Morgan fingerprint density at radius 2 is 1.57 bits per heavy atom. The summed E-state index contributed by atoms with van der Waals surface area (Å²) in [7, 11) is -2.56. The van der Waals surface area contributed by atoms with Gasteiger partial charge >= 0.3 is 5.97 Å². The van der Waals surface area contributed by atoms with Crippen LogP contribution in [-0.2, 0) is 18.7 Å². The molecule has 2 heterocycles. The molecule has 0 spiro atoms. The minimum absolute atomic E-state index is 0.00403. The van der Waals surface area contributed by atoms with Crippen molar-refractivity contribution in [2.45, 2.75) is 57.0 Å². The molecule has 0 amide bonds. The summed E-state index contributed by atoms with van der Waals surface area (Å²) < 4.78 is 18.5. The molecule has 2 aliphatic heterocycles. The van der Waals surface area contributed by atoms with Crippen LogP contribution in [-0.4, -0.2) is 39.2 Å². The molecule has 0 N–H and O–H groups in total. The van der Waals surface area contributed by atoms with Gasteiger partial charge in [0.2, 0.25) is 0 Å². The summed E-state index contributed by atoms with van der Waals surface area (Å²) in [5.41, 5.74) is 0. The van der Waals surface area contributed by atoms with E-state index in [2.05, 4.69) is 81.4 Å².